The average Bonchev–Trinajstić information content (AvgIpc) is 2.52. The normalized spacial score (nSPS) is 11.1. The SMILES string of the molecule is CC=CC(=O)OCCOc1ccc2c(C)c(C)c(=O)oc2c1C. The number of benzene rings is 1. The van der Waals surface area contributed by atoms with Crippen molar-refractivity contribution >= 4 is 16.9 Å². The molecule has 0 spiro atoms. The second kappa shape index (κ2) is 7.13. The molecular formula is C18H20O5. The largest absolute Gasteiger partial charge is 0.490 e. The second-order valence-electron chi connectivity index (χ2n) is 5.22. The third kappa shape index (κ3) is 3.62. The zero-order chi connectivity index (χ0) is 17.0. The number of carbonyl (C=O) groups excluding carboxylic acids is 1. The van der Waals surface area contributed by atoms with Crippen LogP contribution in [0.2, 0.25) is 0 Å². The summed E-state index contributed by atoms with van der Waals surface area (Å²) < 4.78 is 16.0. The average molecular weight is 316 g/mol. The maximum atomic E-state index is 11.8. The van der Waals surface area contributed by atoms with Gasteiger partial charge in [0.25, 0.3) is 0 Å². The maximum Gasteiger partial charge on any atom is 0.339 e. The van der Waals surface area contributed by atoms with Gasteiger partial charge >= 0.3 is 11.6 Å². The number of hydrogen-bond donors (Lipinski definition) is 0. The van der Waals surface area contributed by atoms with Gasteiger partial charge in [0.15, 0.2) is 0 Å². The molecule has 122 valence electrons. The molecule has 1 aromatic heterocycles. The van der Waals surface area contributed by atoms with E-state index in [-0.39, 0.29) is 18.8 Å². The molecule has 0 amide bonds. The molecule has 0 aliphatic heterocycles. The van der Waals surface area contributed by atoms with Crippen molar-refractivity contribution in [1.82, 2.24) is 0 Å². The highest BCUT2D eigenvalue weighted by Crippen LogP contribution is 2.29. The Morgan fingerprint density at radius 3 is 2.57 bits per heavy atom. The third-order valence-electron chi connectivity index (χ3n) is 3.71. The zero-order valence-electron chi connectivity index (χ0n) is 13.8. The molecule has 0 saturated heterocycles. The van der Waals surface area contributed by atoms with Crippen LogP contribution >= 0.6 is 0 Å². The van der Waals surface area contributed by atoms with Gasteiger partial charge in [0.05, 0.1) is 0 Å². The summed E-state index contributed by atoms with van der Waals surface area (Å²) in [5.74, 6) is 0.203. The second-order valence-corrected chi connectivity index (χ2v) is 5.22. The number of allylic oxidation sites excluding steroid dienone is 1. The zero-order valence-corrected chi connectivity index (χ0v) is 13.8. The van der Waals surface area contributed by atoms with E-state index >= 15 is 0 Å². The van der Waals surface area contributed by atoms with Crippen molar-refractivity contribution < 1.29 is 18.7 Å². The Labute approximate surface area is 134 Å². The van der Waals surface area contributed by atoms with Crippen LogP contribution in [0.4, 0.5) is 0 Å². The molecule has 2 rings (SSSR count). The van der Waals surface area contributed by atoms with Crippen LogP contribution in [0.1, 0.15) is 23.6 Å². The highest BCUT2D eigenvalue weighted by atomic mass is 16.6. The van der Waals surface area contributed by atoms with Crippen molar-refractivity contribution in [3.63, 3.8) is 0 Å². The van der Waals surface area contributed by atoms with E-state index in [4.69, 9.17) is 13.9 Å². The third-order valence-corrected chi connectivity index (χ3v) is 3.71. The molecule has 0 unspecified atom stereocenters. The number of carbonyl (C=O) groups is 1. The van der Waals surface area contributed by atoms with Gasteiger partial charge in [-0.25, -0.2) is 9.59 Å². The van der Waals surface area contributed by atoms with Crippen LogP contribution in [0.5, 0.6) is 5.75 Å². The van der Waals surface area contributed by atoms with Crippen molar-refractivity contribution in [2.75, 3.05) is 13.2 Å². The molecule has 2 aromatic rings. The minimum atomic E-state index is -0.400. The molecule has 0 radical (unpaired) electrons. The van der Waals surface area contributed by atoms with E-state index in [9.17, 15) is 9.59 Å². The monoisotopic (exact) mass is 316 g/mol. The molecule has 5 heteroatoms. The summed E-state index contributed by atoms with van der Waals surface area (Å²) in [6.45, 7) is 7.60. The topological polar surface area (TPSA) is 65.7 Å². The summed E-state index contributed by atoms with van der Waals surface area (Å²) in [5, 5.41) is 0.895. The summed E-state index contributed by atoms with van der Waals surface area (Å²) in [4.78, 5) is 23.0. The number of rotatable bonds is 5. The summed E-state index contributed by atoms with van der Waals surface area (Å²) in [5.41, 5.74) is 2.46. The summed E-state index contributed by atoms with van der Waals surface area (Å²) in [6, 6.07) is 3.70. The van der Waals surface area contributed by atoms with Crippen molar-refractivity contribution in [1.29, 1.82) is 0 Å². The molecule has 1 aromatic carbocycles. The lowest BCUT2D eigenvalue weighted by molar-refractivity contribution is -0.138. The molecule has 0 atom stereocenters. The Morgan fingerprint density at radius 1 is 1.13 bits per heavy atom. The van der Waals surface area contributed by atoms with Gasteiger partial charge in [0.1, 0.15) is 24.5 Å². The molecule has 0 aliphatic rings. The van der Waals surface area contributed by atoms with Crippen LogP contribution in [0.3, 0.4) is 0 Å². The first-order valence-electron chi connectivity index (χ1n) is 7.41. The molecule has 0 fully saturated rings. The number of aryl methyl sites for hydroxylation is 2. The van der Waals surface area contributed by atoms with Gasteiger partial charge in [-0.05, 0) is 45.4 Å². The van der Waals surface area contributed by atoms with E-state index in [0.29, 0.717) is 16.9 Å². The summed E-state index contributed by atoms with van der Waals surface area (Å²) in [7, 11) is 0. The summed E-state index contributed by atoms with van der Waals surface area (Å²) in [6.07, 6.45) is 2.96. The number of ether oxygens (including phenoxy) is 2. The molecule has 5 nitrogen and oxygen atoms in total. The first kappa shape index (κ1) is 16.8. The van der Waals surface area contributed by atoms with Crippen LogP contribution in [0, 0.1) is 20.8 Å². The van der Waals surface area contributed by atoms with Gasteiger partial charge in [-0.1, -0.05) is 6.08 Å². The van der Waals surface area contributed by atoms with Crippen LogP contribution < -0.4 is 10.4 Å². The lowest BCUT2D eigenvalue weighted by Crippen LogP contribution is -2.11. The van der Waals surface area contributed by atoms with Crippen LogP contribution in [0.15, 0.2) is 33.5 Å². The lowest BCUT2D eigenvalue weighted by Gasteiger charge is -2.12. The molecule has 23 heavy (non-hydrogen) atoms. The highest BCUT2D eigenvalue weighted by molar-refractivity contribution is 5.85. The standard InChI is InChI=1S/C18H20O5/c1-5-6-16(19)22-10-9-21-15-8-7-14-11(2)12(3)18(20)23-17(14)13(15)4/h5-8H,9-10H2,1-4H3. The van der Waals surface area contributed by atoms with E-state index in [1.54, 1.807) is 19.9 Å². The van der Waals surface area contributed by atoms with Crippen LogP contribution in [-0.4, -0.2) is 19.2 Å². The van der Waals surface area contributed by atoms with E-state index in [2.05, 4.69) is 0 Å². The Hall–Kier alpha value is -2.56. The van der Waals surface area contributed by atoms with E-state index in [1.165, 1.54) is 6.08 Å². The van der Waals surface area contributed by atoms with Gasteiger partial charge in [-0.15, -0.1) is 0 Å². The van der Waals surface area contributed by atoms with Gasteiger partial charge in [0, 0.05) is 22.6 Å². The maximum absolute atomic E-state index is 11.8. The van der Waals surface area contributed by atoms with Crippen molar-refractivity contribution in [3.05, 3.63) is 51.4 Å². The van der Waals surface area contributed by atoms with Gasteiger partial charge in [-0.2, -0.15) is 0 Å². The first-order chi connectivity index (χ1) is 11.0. The Bertz CT molecular complexity index is 814. The van der Waals surface area contributed by atoms with Gasteiger partial charge in [0.2, 0.25) is 0 Å². The molecule has 0 bridgehead atoms. The molecular weight excluding hydrogens is 296 g/mol. The molecule has 0 saturated carbocycles. The number of fused-ring (bicyclic) bond motifs is 1. The van der Waals surface area contributed by atoms with Crippen LogP contribution in [0.25, 0.3) is 11.0 Å². The first-order valence-corrected chi connectivity index (χ1v) is 7.41. The Balaban J connectivity index is 2.17. The minimum absolute atomic E-state index is 0.150. The van der Waals surface area contributed by atoms with Crippen molar-refractivity contribution in [2.24, 2.45) is 0 Å². The summed E-state index contributed by atoms with van der Waals surface area (Å²) >= 11 is 0. The Morgan fingerprint density at radius 2 is 1.87 bits per heavy atom. The lowest BCUT2D eigenvalue weighted by atomic mass is 10.0. The molecule has 1 heterocycles. The Kier molecular flexibility index (Phi) is 5.21. The highest BCUT2D eigenvalue weighted by Gasteiger charge is 2.12. The van der Waals surface area contributed by atoms with Crippen molar-refractivity contribution in [2.45, 2.75) is 27.7 Å². The molecule has 0 aliphatic carbocycles. The molecule has 0 N–H and O–H groups in total. The van der Waals surface area contributed by atoms with E-state index in [1.807, 2.05) is 26.0 Å². The van der Waals surface area contributed by atoms with Gasteiger partial charge < -0.3 is 13.9 Å². The smallest absolute Gasteiger partial charge is 0.339 e. The fourth-order valence-electron chi connectivity index (χ4n) is 2.26. The fraction of sp³-hybridized carbons (Fsp3) is 0.333. The van der Waals surface area contributed by atoms with Crippen LogP contribution in [-0.2, 0) is 9.53 Å². The van der Waals surface area contributed by atoms with Gasteiger partial charge in [-0.3, -0.25) is 0 Å². The van der Waals surface area contributed by atoms with E-state index in [0.717, 1.165) is 16.5 Å². The fourth-order valence-corrected chi connectivity index (χ4v) is 2.26. The number of hydrogen-bond acceptors (Lipinski definition) is 5. The predicted molar refractivity (Wildman–Crippen MR) is 88.0 cm³/mol. The van der Waals surface area contributed by atoms with Crippen molar-refractivity contribution in [3.8, 4) is 5.75 Å². The number of esters is 1. The predicted octanol–water partition coefficient (Wildman–Crippen LogP) is 3.22. The quantitative estimate of drug-likeness (QED) is 0.367. The minimum Gasteiger partial charge on any atom is -0.490 e. The van der Waals surface area contributed by atoms with E-state index < -0.39 is 5.97 Å².